The van der Waals surface area contributed by atoms with Crippen LogP contribution in [0.15, 0.2) is 36.5 Å². The van der Waals surface area contributed by atoms with Crippen LogP contribution >= 0.6 is 0 Å². The lowest BCUT2D eigenvalue weighted by atomic mass is 10.2. The standard InChI is InChI=1S/C16H23N3O/c1-13(2)17-12-14-5-4-6-16(11-14)20-10-8-15-7-9-18-19(15)3/h4-7,9,11,13,17H,8,10,12H2,1-3H3. The number of aryl methyl sites for hydroxylation is 1. The Labute approximate surface area is 120 Å². The highest BCUT2D eigenvalue weighted by molar-refractivity contribution is 5.28. The van der Waals surface area contributed by atoms with Crippen molar-refractivity contribution in [2.45, 2.75) is 32.9 Å². The molecule has 4 nitrogen and oxygen atoms in total. The van der Waals surface area contributed by atoms with Gasteiger partial charge in [-0.1, -0.05) is 26.0 Å². The first-order valence-electron chi connectivity index (χ1n) is 7.07. The number of benzene rings is 1. The molecule has 1 aromatic heterocycles. The molecule has 0 spiro atoms. The van der Waals surface area contributed by atoms with Crippen molar-refractivity contribution < 1.29 is 4.74 Å². The van der Waals surface area contributed by atoms with E-state index >= 15 is 0 Å². The highest BCUT2D eigenvalue weighted by Crippen LogP contribution is 2.14. The molecule has 0 saturated carbocycles. The monoisotopic (exact) mass is 273 g/mol. The third kappa shape index (κ3) is 4.38. The van der Waals surface area contributed by atoms with Gasteiger partial charge in [-0.25, -0.2) is 0 Å². The predicted octanol–water partition coefficient (Wildman–Crippen LogP) is 2.54. The summed E-state index contributed by atoms with van der Waals surface area (Å²) in [7, 11) is 1.95. The van der Waals surface area contributed by atoms with E-state index in [-0.39, 0.29) is 0 Å². The molecule has 1 aromatic carbocycles. The van der Waals surface area contributed by atoms with E-state index in [9.17, 15) is 0 Å². The van der Waals surface area contributed by atoms with Gasteiger partial charge in [0.05, 0.1) is 6.61 Å². The maximum absolute atomic E-state index is 5.81. The number of hydrogen-bond acceptors (Lipinski definition) is 3. The first kappa shape index (κ1) is 14.6. The molecule has 0 saturated heterocycles. The van der Waals surface area contributed by atoms with Crippen LogP contribution in [0.2, 0.25) is 0 Å². The Kier molecular flexibility index (Phi) is 5.18. The van der Waals surface area contributed by atoms with Crippen molar-refractivity contribution in [3.8, 4) is 5.75 Å². The van der Waals surface area contributed by atoms with Gasteiger partial charge in [0.2, 0.25) is 0 Å². The van der Waals surface area contributed by atoms with Gasteiger partial charge in [0, 0.05) is 37.9 Å². The van der Waals surface area contributed by atoms with Gasteiger partial charge in [0.15, 0.2) is 0 Å². The van der Waals surface area contributed by atoms with Crippen LogP contribution in [-0.2, 0) is 20.0 Å². The van der Waals surface area contributed by atoms with Crippen molar-refractivity contribution in [2.75, 3.05) is 6.61 Å². The summed E-state index contributed by atoms with van der Waals surface area (Å²) in [6, 6.07) is 10.8. The van der Waals surface area contributed by atoms with Crippen LogP contribution in [-0.4, -0.2) is 22.4 Å². The molecule has 0 bridgehead atoms. The lowest BCUT2D eigenvalue weighted by Gasteiger charge is -2.10. The van der Waals surface area contributed by atoms with Crippen molar-refractivity contribution in [2.24, 2.45) is 7.05 Å². The minimum atomic E-state index is 0.490. The molecule has 2 aromatic rings. The number of hydrogen-bond donors (Lipinski definition) is 1. The molecule has 0 unspecified atom stereocenters. The molecular weight excluding hydrogens is 250 g/mol. The first-order valence-corrected chi connectivity index (χ1v) is 7.07. The van der Waals surface area contributed by atoms with E-state index in [1.165, 1.54) is 11.3 Å². The zero-order valence-corrected chi connectivity index (χ0v) is 12.5. The van der Waals surface area contributed by atoms with E-state index in [0.717, 1.165) is 18.7 Å². The lowest BCUT2D eigenvalue weighted by molar-refractivity contribution is 0.318. The maximum Gasteiger partial charge on any atom is 0.119 e. The summed E-state index contributed by atoms with van der Waals surface area (Å²) in [5.74, 6) is 0.926. The zero-order valence-electron chi connectivity index (χ0n) is 12.5. The van der Waals surface area contributed by atoms with Crippen LogP contribution in [0.5, 0.6) is 5.75 Å². The van der Waals surface area contributed by atoms with Crippen LogP contribution in [0.1, 0.15) is 25.1 Å². The Morgan fingerprint density at radius 2 is 2.15 bits per heavy atom. The quantitative estimate of drug-likeness (QED) is 0.842. The number of aromatic nitrogens is 2. The van der Waals surface area contributed by atoms with Gasteiger partial charge in [-0.2, -0.15) is 5.10 Å². The summed E-state index contributed by atoms with van der Waals surface area (Å²) < 4.78 is 7.69. The predicted molar refractivity (Wildman–Crippen MR) is 80.8 cm³/mol. The molecule has 0 aliphatic heterocycles. The molecule has 20 heavy (non-hydrogen) atoms. The fourth-order valence-electron chi connectivity index (χ4n) is 1.99. The van der Waals surface area contributed by atoms with E-state index in [0.29, 0.717) is 12.6 Å². The fraction of sp³-hybridized carbons (Fsp3) is 0.438. The third-order valence-electron chi connectivity index (χ3n) is 3.16. The Bertz CT molecular complexity index is 534. The van der Waals surface area contributed by atoms with Gasteiger partial charge >= 0.3 is 0 Å². The van der Waals surface area contributed by atoms with Crippen LogP contribution in [0.3, 0.4) is 0 Å². The second-order valence-corrected chi connectivity index (χ2v) is 5.23. The molecule has 0 radical (unpaired) electrons. The van der Waals surface area contributed by atoms with Crippen molar-refractivity contribution >= 4 is 0 Å². The van der Waals surface area contributed by atoms with Crippen LogP contribution in [0.25, 0.3) is 0 Å². The zero-order chi connectivity index (χ0) is 14.4. The molecule has 0 atom stereocenters. The van der Waals surface area contributed by atoms with E-state index < -0.39 is 0 Å². The molecule has 1 N–H and O–H groups in total. The summed E-state index contributed by atoms with van der Waals surface area (Å²) in [4.78, 5) is 0. The molecule has 108 valence electrons. The van der Waals surface area contributed by atoms with Gasteiger partial charge < -0.3 is 10.1 Å². The van der Waals surface area contributed by atoms with Crippen molar-refractivity contribution in [3.05, 3.63) is 47.8 Å². The third-order valence-corrected chi connectivity index (χ3v) is 3.16. The average Bonchev–Trinajstić information content (AvgIpc) is 2.83. The highest BCUT2D eigenvalue weighted by atomic mass is 16.5. The molecule has 0 fully saturated rings. The summed E-state index contributed by atoms with van der Waals surface area (Å²) >= 11 is 0. The van der Waals surface area contributed by atoms with Crippen molar-refractivity contribution in [3.63, 3.8) is 0 Å². The molecule has 0 aliphatic rings. The largest absolute Gasteiger partial charge is 0.493 e. The number of ether oxygens (including phenoxy) is 1. The van der Waals surface area contributed by atoms with Crippen molar-refractivity contribution in [1.82, 2.24) is 15.1 Å². The molecular formula is C16H23N3O. The summed E-state index contributed by atoms with van der Waals surface area (Å²) in [6.07, 6.45) is 2.68. The second kappa shape index (κ2) is 7.10. The highest BCUT2D eigenvalue weighted by Gasteiger charge is 2.01. The van der Waals surface area contributed by atoms with Gasteiger partial charge in [-0.05, 0) is 23.8 Å². The van der Waals surface area contributed by atoms with Gasteiger partial charge in [-0.15, -0.1) is 0 Å². The number of rotatable bonds is 7. The number of nitrogens with zero attached hydrogens (tertiary/aromatic N) is 2. The van der Waals surface area contributed by atoms with E-state index in [2.05, 4.69) is 36.4 Å². The molecule has 1 heterocycles. The second-order valence-electron chi connectivity index (χ2n) is 5.23. The minimum absolute atomic E-state index is 0.490. The first-order chi connectivity index (χ1) is 9.65. The number of nitrogens with one attached hydrogen (secondary N) is 1. The lowest BCUT2D eigenvalue weighted by Crippen LogP contribution is -2.21. The van der Waals surface area contributed by atoms with Gasteiger partial charge in [0.1, 0.15) is 5.75 Å². The molecule has 2 rings (SSSR count). The Morgan fingerprint density at radius 3 is 2.85 bits per heavy atom. The fourth-order valence-corrected chi connectivity index (χ4v) is 1.99. The van der Waals surface area contributed by atoms with E-state index in [1.54, 1.807) is 0 Å². The maximum atomic E-state index is 5.81. The SMILES string of the molecule is CC(C)NCc1cccc(OCCc2ccnn2C)c1. The normalized spacial score (nSPS) is 11.0. The summed E-state index contributed by atoms with van der Waals surface area (Å²) in [5, 5.41) is 7.56. The van der Waals surface area contributed by atoms with Crippen molar-refractivity contribution in [1.29, 1.82) is 0 Å². The van der Waals surface area contributed by atoms with Gasteiger partial charge in [-0.3, -0.25) is 4.68 Å². The van der Waals surface area contributed by atoms with E-state index in [1.807, 2.05) is 36.1 Å². The molecule has 4 heteroatoms. The van der Waals surface area contributed by atoms with Gasteiger partial charge in [0.25, 0.3) is 0 Å². The molecule has 0 amide bonds. The summed E-state index contributed by atoms with van der Waals surface area (Å²) in [6.45, 7) is 5.83. The Morgan fingerprint density at radius 1 is 1.30 bits per heavy atom. The average molecular weight is 273 g/mol. The van der Waals surface area contributed by atoms with Crippen LogP contribution in [0, 0.1) is 0 Å². The minimum Gasteiger partial charge on any atom is -0.493 e. The smallest absolute Gasteiger partial charge is 0.119 e. The Balaban J connectivity index is 1.83. The Hall–Kier alpha value is -1.81. The van der Waals surface area contributed by atoms with Crippen LogP contribution in [0.4, 0.5) is 0 Å². The van der Waals surface area contributed by atoms with E-state index in [4.69, 9.17) is 4.74 Å². The topological polar surface area (TPSA) is 39.1 Å². The summed E-state index contributed by atoms with van der Waals surface area (Å²) in [5.41, 5.74) is 2.43. The van der Waals surface area contributed by atoms with Crippen LogP contribution < -0.4 is 10.1 Å². The molecule has 0 aliphatic carbocycles.